The van der Waals surface area contributed by atoms with Crippen LogP contribution < -0.4 is 15.8 Å². The normalized spacial score (nSPS) is 10.4. The first kappa shape index (κ1) is 16.1. The number of benzene rings is 2. The van der Waals surface area contributed by atoms with E-state index in [4.69, 9.17) is 5.73 Å². The van der Waals surface area contributed by atoms with Crippen LogP contribution in [0.3, 0.4) is 0 Å². The van der Waals surface area contributed by atoms with Crippen LogP contribution in [0, 0.1) is 10.1 Å². The molecule has 0 heterocycles. The van der Waals surface area contributed by atoms with Gasteiger partial charge in [-0.15, -0.1) is 0 Å². The van der Waals surface area contributed by atoms with Crippen LogP contribution in [0.4, 0.5) is 25.8 Å². The molecule has 23 heavy (non-hydrogen) atoms. The first-order valence-corrected chi connectivity index (χ1v) is 6.27. The van der Waals surface area contributed by atoms with Gasteiger partial charge in [0.05, 0.1) is 10.6 Å². The van der Waals surface area contributed by atoms with Gasteiger partial charge in [0.1, 0.15) is 11.4 Å². The molecular weight excluding hydrogens is 312 g/mol. The van der Waals surface area contributed by atoms with Gasteiger partial charge in [0.2, 0.25) is 0 Å². The number of halogens is 2. The quantitative estimate of drug-likeness (QED) is 0.499. The molecule has 9 heteroatoms. The summed E-state index contributed by atoms with van der Waals surface area (Å²) in [6, 6.07) is 9.10. The molecule has 120 valence electrons. The van der Waals surface area contributed by atoms with Crippen molar-refractivity contribution >= 4 is 23.0 Å². The average molecular weight is 323 g/mol. The van der Waals surface area contributed by atoms with Crippen LogP contribution in [0.1, 0.15) is 10.4 Å². The Balaban J connectivity index is 2.26. The summed E-state index contributed by atoms with van der Waals surface area (Å²) in [4.78, 5) is 22.2. The van der Waals surface area contributed by atoms with Crippen LogP contribution in [0.2, 0.25) is 0 Å². The number of para-hydroxylation sites is 2. The molecule has 0 bridgehead atoms. The van der Waals surface area contributed by atoms with Gasteiger partial charge in [-0.2, -0.15) is 8.78 Å². The topological polar surface area (TPSA) is 107 Å². The number of rotatable bonds is 5. The number of nitrogens with one attached hydrogen (secondary N) is 1. The zero-order valence-corrected chi connectivity index (χ0v) is 11.5. The molecule has 7 nitrogen and oxygen atoms in total. The lowest BCUT2D eigenvalue weighted by atomic mass is 10.1. The highest BCUT2D eigenvalue weighted by atomic mass is 19.3. The van der Waals surface area contributed by atoms with Gasteiger partial charge in [0.15, 0.2) is 0 Å². The third kappa shape index (κ3) is 3.90. The number of amides is 1. The fraction of sp³-hybridized carbons (Fsp3) is 0.0714. The van der Waals surface area contributed by atoms with Crippen molar-refractivity contribution in [3.05, 3.63) is 58.1 Å². The van der Waals surface area contributed by atoms with Crippen molar-refractivity contribution < 1.29 is 23.2 Å². The van der Waals surface area contributed by atoms with E-state index in [1.54, 1.807) is 0 Å². The van der Waals surface area contributed by atoms with Gasteiger partial charge in [0.25, 0.3) is 11.6 Å². The fourth-order valence-corrected chi connectivity index (χ4v) is 1.81. The molecule has 0 saturated carbocycles. The number of carbonyl (C=O) groups is 1. The van der Waals surface area contributed by atoms with E-state index < -0.39 is 23.1 Å². The molecule has 0 fully saturated rings. The lowest BCUT2D eigenvalue weighted by molar-refractivity contribution is -0.383. The third-order valence-corrected chi connectivity index (χ3v) is 2.84. The van der Waals surface area contributed by atoms with E-state index in [0.29, 0.717) is 0 Å². The van der Waals surface area contributed by atoms with Crippen LogP contribution in [0.15, 0.2) is 42.5 Å². The second-order valence-electron chi connectivity index (χ2n) is 4.36. The molecule has 0 spiro atoms. The lowest BCUT2D eigenvalue weighted by Crippen LogP contribution is -2.14. The SMILES string of the molecule is Nc1ccc(C(=O)Nc2ccccc2OC(F)F)cc1[N+](=O)[O-]. The average Bonchev–Trinajstić information content (AvgIpc) is 2.48. The first-order chi connectivity index (χ1) is 10.9. The summed E-state index contributed by atoms with van der Waals surface area (Å²) in [5, 5.41) is 13.2. The largest absolute Gasteiger partial charge is 0.433 e. The summed E-state index contributed by atoms with van der Waals surface area (Å²) in [6.07, 6.45) is 0. The third-order valence-electron chi connectivity index (χ3n) is 2.84. The molecule has 0 saturated heterocycles. The summed E-state index contributed by atoms with van der Waals surface area (Å²) in [7, 11) is 0. The van der Waals surface area contributed by atoms with Gasteiger partial charge < -0.3 is 15.8 Å². The molecule has 0 unspecified atom stereocenters. The molecule has 2 aromatic rings. The van der Waals surface area contributed by atoms with Crippen LogP contribution >= 0.6 is 0 Å². The lowest BCUT2D eigenvalue weighted by Gasteiger charge is -2.11. The second kappa shape index (κ2) is 6.69. The van der Waals surface area contributed by atoms with Gasteiger partial charge >= 0.3 is 6.61 Å². The van der Waals surface area contributed by atoms with E-state index in [1.165, 1.54) is 36.4 Å². The van der Waals surface area contributed by atoms with Crippen LogP contribution in [0.25, 0.3) is 0 Å². The molecular formula is C14H11F2N3O4. The van der Waals surface area contributed by atoms with Gasteiger partial charge in [-0.3, -0.25) is 14.9 Å². The van der Waals surface area contributed by atoms with Gasteiger partial charge in [-0.1, -0.05) is 12.1 Å². The van der Waals surface area contributed by atoms with E-state index >= 15 is 0 Å². The molecule has 2 aromatic carbocycles. The number of carbonyl (C=O) groups excluding carboxylic acids is 1. The van der Waals surface area contributed by atoms with E-state index in [2.05, 4.69) is 10.1 Å². The van der Waals surface area contributed by atoms with Crippen molar-refractivity contribution in [1.82, 2.24) is 0 Å². The summed E-state index contributed by atoms with van der Waals surface area (Å²) in [5.74, 6) is -0.945. The zero-order valence-electron chi connectivity index (χ0n) is 11.5. The maximum atomic E-state index is 12.3. The zero-order chi connectivity index (χ0) is 17.0. The van der Waals surface area contributed by atoms with Crippen molar-refractivity contribution in [2.45, 2.75) is 6.61 Å². The predicted octanol–water partition coefficient (Wildman–Crippen LogP) is 3.03. The number of nitrogen functional groups attached to an aromatic ring is 1. The van der Waals surface area contributed by atoms with Gasteiger partial charge in [-0.05, 0) is 24.3 Å². The smallest absolute Gasteiger partial charge is 0.387 e. The Morgan fingerprint density at radius 3 is 2.61 bits per heavy atom. The maximum Gasteiger partial charge on any atom is 0.387 e. The Kier molecular flexibility index (Phi) is 4.69. The monoisotopic (exact) mass is 323 g/mol. The second-order valence-corrected chi connectivity index (χ2v) is 4.36. The Hall–Kier alpha value is -3.23. The summed E-state index contributed by atoms with van der Waals surface area (Å²) >= 11 is 0. The first-order valence-electron chi connectivity index (χ1n) is 6.27. The molecule has 0 aliphatic heterocycles. The van der Waals surface area contributed by atoms with Crippen LogP contribution in [-0.2, 0) is 0 Å². The van der Waals surface area contributed by atoms with Crippen molar-refractivity contribution in [1.29, 1.82) is 0 Å². The minimum atomic E-state index is -3.05. The Bertz CT molecular complexity index is 753. The number of hydrogen-bond acceptors (Lipinski definition) is 5. The minimum Gasteiger partial charge on any atom is -0.433 e. The number of ether oxygens (including phenoxy) is 1. The van der Waals surface area contributed by atoms with Crippen LogP contribution in [0.5, 0.6) is 5.75 Å². The number of hydrogen-bond donors (Lipinski definition) is 2. The van der Waals surface area contributed by atoms with E-state index in [0.717, 1.165) is 6.07 Å². The summed E-state index contributed by atoms with van der Waals surface area (Å²) in [5.41, 5.74) is 4.90. The fourth-order valence-electron chi connectivity index (χ4n) is 1.81. The highest BCUT2D eigenvalue weighted by molar-refractivity contribution is 6.05. The van der Waals surface area contributed by atoms with Crippen LogP contribution in [-0.4, -0.2) is 17.4 Å². The van der Waals surface area contributed by atoms with E-state index in [-0.39, 0.29) is 22.7 Å². The number of nitrogens with zero attached hydrogens (tertiary/aromatic N) is 1. The number of nitrogens with two attached hydrogens (primary N) is 1. The van der Waals surface area contributed by atoms with Gasteiger partial charge in [-0.25, -0.2) is 0 Å². The molecule has 0 radical (unpaired) electrons. The maximum absolute atomic E-state index is 12.3. The molecule has 0 aromatic heterocycles. The number of nitro groups is 1. The van der Waals surface area contributed by atoms with Crippen molar-refractivity contribution in [3.8, 4) is 5.75 Å². The van der Waals surface area contributed by atoms with Gasteiger partial charge in [0, 0.05) is 11.6 Å². The molecule has 0 atom stereocenters. The standard InChI is InChI=1S/C14H11F2N3O4/c15-14(16)23-12-4-2-1-3-10(12)18-13(20)8-5-6-9(17)11(7-8)19(21)22/h1-7,14H,17H2,(H,18,20). The molecule has 0 aliphatic carbocycles. The number of anilines is 2. The van der Waals surface area contributed by atoms with Crippen molar-refractivity contribution in [3.63, 3.8) is 0 Å². The molecule has 0 aliphatic rings. The Morgan fingerprint density at radius 2 is 1.96 bits per heavy atom. The molecule has 2 rings (SSSR count). The minimum absolute atomic E-state index is 0.0114. The molecule has 1 amide bonds. The number of nitro benzene ring substituents is 1. The highest BCUT2D eigenvalue weighted by Crippen LogP contribution is 2.27. The van der Waals surface area contributed by atoms with E-state index in [9.17, 15) is 23.7 Å². The Morgan fingerprint density at radius 1 is 1.26 bits per heavy atom. The van der Waals surface area contributed by atoms with E-state index in [1.807, 2.05) is 0 Å². The predicted molar refractivity (Wildman–Crippen MR) is 78.5 cm³/mol. The Labute approximate surface area is 128 Å². The summed E-state index contributed by atoms with van der Waals surface area (Å²) < 4.78 is 28.9. The highest BCUT2D eigenvalue weighted by Gasteiger charge is 2.17. The summed E-state index contributed by atoms with van der Waals surface area (Å²) in [6.45, 7) is -3.05. The molecule has 3 N–H and O–H groups in total. The van der Waals surface area contributed by atoms with Crippen molar-refractivity contribution in [2.75, 3.05) is 11.1 Å². The number of alkyl halides is 2. The van der Waals surface area contributed by atoms with Crippen molar-refractivity contribution in [2.24, 2.45) is 0 Å².